The molecule has 0 atom stereocenters. The fourth-order valence-electron chi connectivity index (χ4n) is 4.80. The van der Waals surface area contributed by atoms with Gasteiger partial charge in [-0.2, -0.15) is 0 Å². The third-order valence-corrected chi connectivity index (χ3v) is 8.35. The van der Waals surface area contributed by atoms with Gasteiger partial charge in [0, 0.05) is 30.8 Å². The quantitative estimate of drug-likeness (QED) is 0.596. The number of sulfone groups is 1. The molecular weight excluding hydrogens is 430 g/mol. The van der Waals surface area contributed by atoms with Gasteiger partial charge in [-0.3, -0.25) is 9.88 Å². The van der Waals surface area contributed by atoms with Crippen LogP contribution in [0.15, 0.2) is 48.7 Å². The Hall–Kier alpha value is -2.64. The lowest BCUT2D eigenvalue weighted by Gasteiger charge is -2.40. The van der Waals surface area contributed by atoms with Gasteiger partial charge >= 0.3 is 0 Å². The molecule has 0 radical (unpaired) electrons. The van der Waals surface area contributed by atoms with Crippen LogP contribution in [0.1, 0.15) is 27.8 Å². The van der Waals surface area contributed by atoms with Crippen LogP contribution >= 0.6 is 0 Å². The molecule has 0 saturated carbocycles. The molecule has 4 nitrogen and oxygen atoms in total. The first-order chi connectivity index (χ1) is 15.3. The molecule has 0 amide bonds. The van der Waals surface area contributed by atoms with E-state index in [4.69, 9.17) is 0 Å². The van der Waals surface area contributed by atoms with Crippen LogP contribution in [0.5, 0.6) is 0 Å². The van der Waals surface area contributed by atoms with Crippen LogP contribution < -0.4 is 0 Å². The highest BCUT2D eigenvalue weighted by Gasteiger charge is 2.38. The monoisotopic (exact) mass is 454 g/mol. The van der Waals surface area contributed by atoms with Gasteiger partial charge in [0.05, 0.1) is 17.7 Å². The average molecular weight is 455 g/mol. The molecule has 3 heterocycles. The summed E-state index contributed by atoms with van der Waals surface area (Å²) in [5.41, 5.74) is 6.54. The van der Waals surface area contributed by atoms with Gasteiger partial charge < -0.3 is 0 Å². The summed E-state index contributed by atoms with van der Waals surface area (Å²) in [5.74, 6) is -0.824. The van der Waals surface area contributed by atoms with Crippen LogP contribution in [0.3, 0.4) is 0 Å². The van der Waals surface area contributed by atoms with Crippen molar-refractivity contribution in [3.8, 4) is 11.3 Å². The standard InChI is InChI=1S/C25H24F2N2O2S/c1-16-5-6-17(10-23(16)25-24(27)11-20(26)12-28-25)9-18-3-2-4-19-13-29(8-7-22(18)19)21-14-32(30,31)15-21/h2-6,10-12,21H,7-9,13-15H2,1H3. The van der Waals surface area contributed by atoms with Crippen molar-refractivity contribution >= 4 is 9.84 Å². The van der Waals surface area contributed by atoms with E-state index >= 15 is 0 Å². The third-order valence-electron chi connectivity index (χ3n) is 6.56. The maximum absolute atomic E-state index is 14.3. The fraction of sp³-hybridized carbons (Fsp3) is 0.320. The lowest BCUT2D eigenvalue weighted by atomic mass is 9.89. The minimum absolute atomic E-state index is 0.134. The number of aromatic nitrogens is 1. The molecule has 5 rings (SSSR count). The number of nitrogens with zero attached hydrogens (tertiary/aromatic N) is 2. The van der Waals surface area contributed by atoms with Crippen molar-refractivity contribution in [3.63, 3.8) is 0 Å². The number of hydrogen-bond acceptors (Lipinski definition) is 4. The molecule has 2 aliphatic rings. The Balaban J connectivity index is 1.40. The minimum Gasteiger partial charge on any atom is -0.294 e. The van der Waals surface area contributed by atoms with E-state index in [1.807, 2.05) is 31.2 Å². The number of aryl methyl sites for hydroxylation is 1. The predicted molar refractivity (Wildman–Crippen MR) is 120 cm³/mol. The molecule has 2 aromatic carbocycles. The van der Waals surface area contributed by atoms with Crippen molar-refractivity contribution in [1.82, 2.24) is 9.88 Å². The first-order valence-corrected chi connectivity index (χ1v) is 12.6. The summed E-state index contributed by atoms with van der Waals surface area (Å²) < 4.78 is 50.8. The zero-order valence-corrected chi connectivity index (χ0v) is 18.6. The van der Waals surface area contributed by atoms with E-state index in [1.54, 1.807) is 0 Å². The predicted octanol–water partition coefficient (Wildman–Crippen LogP) is 4.08. The van der Waals surface area contributed by atoms with Crippen LogP contribution in [-0.2, 0) is 29.2 Å². The molecule has 0 aliphatic carbocycles. The molecule has 32 heavy (non-hydrogen) atoms. The van der Waals surface area contributed by atoms with Crippen LogP contribution in [0, 0.1) is 18.6 Å². The normalized spacial score (nSPS) is 18.2. The van der Waals surface area contributed by atoms with Crippen molar-refractivity contribution < 1.29 is 17.2 Å². The van der Waals surface area contributed by atoms with E-state index < -0.39 is 21.5 Å². The van der Waals surface area contributed by atoms with Crippen LogP contribution in [-0.4, -0.2) is 42.4 Å². The highest BCUT2D eigenvalue weighted by Crippen LogP contribution is 2.30. The average Bonchev–Trinajstić information content (AvgIpc) is 2.73. The molecule has 3 aromatic rings. The molecule has 1 aromatic heterocycles. The largest absolute Gasteiger partial charge is 0.294 e. The first kappa shape index (κ1) is 21.2. The lowest BCUT2D eigenvalue weighted by molar-refractivity contribution is 0.195. The molecule has 2 aliphatic heterocycles. The highest BCUT2D eigenvalue weighted by atomic mass is 32.2. The smallest absolute Gasteiger partial charge is 0.153 e. The van der Waals surface area contributed by atoms with Crippen molar-refractivity contribution in [2.24, 2.45) is 0 Å². The summed E-state index contributed by atoms with van der Waals surface area (Å²) in [5, 5.41) is 0. The molecule has 0 spiro atoms. The second kappa shape index (κ2) is 8.05. The highest BCUT2D eigenvalue weighted by molar-refractivity contribution is 7.92. The molecular formula is C25H24F2N2O2S. The van der Waals surface area contributed by atoms with E-state index in [9.17, 15) is 17.2 Å². The van der Waals surface area contributed by atoms with Crippen molar-refractivity contribution in [2.45, 2.75) is 32.4 Å². The Kier molecular flexibility index (Phi) is 5.34. The van der Waals surface area contributed by atoms with Crippen LogP contribution in [0.25, 0.3) is 11.3 Å². The van der Waals surface area contributed by atoms with Gasteiger partial charge in [0.15, 0.2) is 15.7 Å². The van der Waals surface area contributed by atoms with E-state index in [1.165, 1.54) is 16.7 Å². The summed E-state index contributed by atoms with van der Waals surface area (Å²) in [6.45, 7) is 3.52. The summed E-state index contributed by atoms with van der Waals surface area (Å²) in [6.07, 6.45) is 2.63. The number of pyridine rings is 1. The molecule has 1 fully saturated rings. The molecule has 7 heteroatoms. The van der Waals surface area contributed by atoms with Gasteiger partial charge in [-0.25, -0.2) is 17.2 Å². The van der Waals surface area contributed by atoms with Gasteiger partial charge in [-0.1, -0.05) is 30.3 Å². The zero-order chi connectivity index (χ0) is 22.5. The van der Waals surface area contributed by atoms with Crippen molar-refractivity contribution in [3.05, 3.63) is 88.1 Å². The van der Waals surface area contributed by atoms with E-state index in [0.717, 1.165) is 42.9 Å². The van der Waals surface area contributed by atoms with Gasteiger partial charge in [0.2, 0.25) is 0 Å². The second-order valence-electron chi connectivity index (χ2n) is 8.82. The number of fused-ring (bicyclic) bond motifs is 1. The van der Waals surface area contributed by atoms with E-state index in [-0.39, 0.29) is 23.2 Å². The Labute approximate surface area is 186 Å². The maximum atomic E-state index is 14.3. The van der Waals surface area contributed by atoms with Gasteiger partial charge in [0.1, 0.15) is 11.5 Å². The summed E-state index contributed by atoms with van der Waals surface area (Å²) >= 11 is 0. The molecule has 0 bridgehead atoms. The SMILES string of the molecule is Cc1ccc(Cc2cccc3c2CCN(C2CS(=O)(=O)C2)C3)cc1-c1ncc(F)cc1F. The molecule has 1 saturated heterocycles. The van der Waals surface area contributed by atoms with Crippen molar-refractivity contribution in [2.75, 3.05) is 18.1 Å². The number of rotatable bonds is 4. The van der Waals surface area contributed by atoms with E-state index in [2.05, 4.69) is 22.0 Å². The number of hydrogen-bond donors (Lipinski definition) is 0. The first-order valence-electron chi connectivity index (χ1n) is 10.7. The fourth-order valence-corrected chi connectivity index (χ4v) is 6.30. The van der Waals surface area contributed by atoms with Crippen molar-refractivity contribution in [1.29, 1.82) is 0 Å². The maximum Gasteiger partial charge on any atom is 0.153 e. The second-order valence-corrected chi connectivity index (χ2v) is 11.0. The Bertz CT molecular complexity index is 1300. The Morgan fingerprint density at radius 1 is 1.12 bits per heavy atom. The van der Waals surface area contributed by atoms with Crippen LogP contribution in [0.2, 0.25) is 0 Å². The summed E-state index contributed by atoms with van der Waals surface area (Å²) in [4.78, 5) is 6.26. The van der Waals surface area contributed by atoms with Crippen LogP contribution in [0.4, 0.5) is 8.78 Å². The van der Waals surface area contributed by atoms with Gasteiger partial charge in [-0.05, 0) is 53.6 Å². The third kappa shape index (κ3) is 4.07. The Morgan fingerprint density at radius 2 is 1.94 bits per heavy atom. The lowest BCUT2D eigenvalue weighted by Crippen LogP contribution is -2.54. The zero-order valence-electron chi connectivity index (χ0n) is 17.8. The summed E-state index contributed by atoms with van der Waals surface area (Å²) in [6, 6.07) is 13.2. The molecule has 166 valence electrons. The van der Waals surface area contributed by atoms with Gasteiger partial charge in [-0.15, -0.1) is 0 Å². The molecule has 0 N–H and O–H groups in total. The minimum atomic E-state index is -2.84. The Morgan fingerprint density at radius 3 is 2.69 bits per heavy atom. The molecule has 0 unspecified atom stereocenters. The topological polar surface area (TPSA) is 50.3 Å². The van der Waals surface area contributed by atoms with Gasteiger partial charge in [0.25, 0.3) is 0 Å². The van der Waals surface area contributed by atoms with E-state index in [0.29, 0.717) is 12.0 Å². The number of benzene rings is 2. The summed E-state index contributed by atoms with van der Waals surface area (Å²) in [7, 11) is -2.84. The number of halogens is 2.